The zero-order valence-electron chi connectivity index (χ0n) is 10.5. The van der Waals surface area contributed by atoms with Crippen molar-refractivity contribution in [3.63, 3.8) is 0 Å². The fourth-order valence-electron chi connectivity index (χ4n) is 1.54. The predicted octanol–water partition coefficient (Wildman–Crippen LogP) is 3.98. The molecule has 5 nitrogen and oxygen atoms in total. The Hall–Kier alpha value is -1.13. The molecule has 1 aromatic heterocycles. The van der Waals surface area contributed by atoms with Crippen molar-refractivity contribution in [1.29, 1.82) is 0 Å². The molecule has 0 unspecified atom stereocenters. The van der Waals surface area contributed by atoms with Crippen LogP contribution in [0.3, 0.4) is 0 Å². The minimum Gasteiger partial charge on any atom is -0.360 e. The van der Waals surface area contributed by atoms with Crippen molar-refractivity contribution >= 4 is 19.2 Å². The maximum atomic E-state index is 12.0. The normalized spacial score (nSPS) is 11.7. The average molecular weight is 302 g/mol. The summed E-state index contributed by atoms with van der Waals surface area (Å²) in [5, 5.41) is 4.57. The van der Waals surface area contributed by atoms with Crippen LogP contribution in [0.2, 0.25) is 5.02 Å². The summed E-state index contributed by atoms with van der Waals surface area (Å²) >= 11 is 5.82. The third-order valence-electron chi connectivity index (χ3n) is 2.60. The van der Waals surface area contributed by atoms with E-state index in [2.05, 4.69) is 5.16 Å². The van der Waals surface area contributed by atoms with E-state index in [4.69, 9.17) is 25.2 Å². The van der Waals surface area contributed by atoms with Gasteiger partial charge in [0, 0.05) is 30.9 Å². The van der Waals surface area contributed by atoms with Crippen LogP contribution in [0.1, 0.15) is 5.76 Å². The van der Waals surface area contributed by atoms with Crippen LogP contribution in [0.15, 0.2) is 34.9 Å². The van der Waals surface area contributed by atoms with Crippen molar-refractivity contribution in [1.82, 2.24) is 5.16 Å². The summed E-state index contributed by atoms with van der Waals surface area (Å²) < 4.78 is 26.8. The smallest absolute Gasteiger partial charge is 0.337 e. The standard InChI is InChI=1S/C12H13ClNO4P/c1-16-19(15,17-2)8-11-7-12(14-18-11)9-3-5-10(13)6-4-9/h3-7H,8H2,1-2H3. The summed E-state index contributed by atoms with van der Waals surface area (Å²) in [4.78, 5) is 0. The quantitative estimate of drug-likeness (QED) is 0.782. The number of halogens is 1. The first-order chi connectivity index (χ1) is 9.06. The van der Waals surface area contributed by atoms with Crippen LogP contribution >= 0.6 is 19.2 Å². The summed E-state index contributed by atoms with van der Waals surface area (Å²) in [6.45, 7) is 0. The van der Waals surface area contributed by atoms with Crippen molar-refractivity contribution in [2.24, 2.45) is 0 Å². The van der Waals surface area contributed by atoms with Gasteiger partial charge in [0.2, 0.25) is 0 Å². The Labute approximate surface area is 116 Å². The highest BCUT2D eigenvalue weighted by atomic mass is 35.5. The van der Waals surface area contributed by atoms with Gasteiger partial charge in [0.15, 0.2) is 0 Å². The van der Waals surface area contributed by atoms with Crippen molar-refractivity contribution in [2.75, 3.05) is 14.2 Å². The van der Waals surface area contributed by atoms with E-state index in [0.29, 0.717) is 16.5 Å². The average Bonchev–Trinajstić information content (AvgIpc) is 2.87. The van der Waals surface area contributed by atoms with Gasteiger partial charge in [-0.15, -0.1) is 0 Å². The predicted molar refractivity (Wildman–Crippen MR) is 72.3 cm³/mol. The second-order valence-electron chi connectivity index (χ2n) is 3.82. The van der Waals surface area contributed by atoms with E-state index in [1.54, 1.807) is 18.2 Å². The molecule has 102 valence electrons. The number of benzene rings is 1. The first-order valence-corrected chi connectivity index (χ1v) is 7.59. The van der Waals surface area contributed by atoms with Crippen LogP contribution in [0, 0.1) is 0 Å². The lowest BCUT2D eigenvalue weighted by Crippen LogP contribution is -1.91. The SMILES string of the molecule is COP(=O)(Cc1cc(-c2ccc(Cl)cc2)no1)OC. The molecule has 0 aliphatic heterocycles. The van der Waals surface area contributed by atoms with Gasteiger partial charge in [0.05, 0.1) is 0 Å². The van der Waals surface area contributed by atoms with E-state index < -0.39 is 7.60 Å². The third-order valence-corrected chi connectivity index (χ3v) is 4.67. The minimum absolute atomic E-state index is 0.0423. The van der Waals surface area contributed by atoms with Crippen molar-refractivity contribution in [3.05, 3.63) is 41.1 Å². The molecule has 0 atom stereocenters. The van der Waals surface area contributed by atoms with E-state index in [1.165, 1.54) is 14.2 Å². The topological polar surface area (TPSA) is 61.6 Å². The fourth-order valence-corrected chi connectivity index (χ4v) is 2.60. The Bertz CT molecular complexity index is 588. The van der Waals surface area contributed by atoms with Crippen LogP contribution < -0.4 is 0 Å². The van der Waals surface area contributed by atoms with E-state index in [1.807, 2.05) is 12.1 Å². The molecule has 0 spiro atoms. The van der Waals surface area contributed by atoms with Gasteiger partial charge in [-0.1, -0.05) is 28.9 Å². The maximum Gasteiger partial charge on any atom is 0.337 e. The summed E-state index contributed by atoms with van der Waals surface area (Å²) in [5.74, 6) is 0.442. The molecule has 0 aliphatic carbocycles. The van der Waals surface area contributed by atoms with E-state index in [-0.39, 0.29) is 6.16 Å². The van der Waals surface area contributed by atoms with Crippen molar-refractivity contribution in [2.45, 2.75) is 6.16 Å². The van der Waals surface area contributed by atoms with Crippen LogP contribution in [-0.4, -0.2) is 19.4 Å². The molecular formula is C12H13ClNO4P. The molecule has 0 fully saturated rings. The van der Waals surface area contributed by atoms with Gasteiger partial charge >= 0.3 is 7.60 Å². The Morgan fingerprint density at radius 1 is 1.26 bits per heavy atom. The van der Waals surface area contributed by atoms with E-state index in [0.717, 1.165) is 5.56 Å². The van der Waals surface area contributed by atoms with Gasteiger partial charge < -0.3 is 13.6 Å². The number of rotatable bonds is 5. The molecule has 2 aromatic rings. The van der Waals surface area contributed by atoms with Gasteiger partial charge in [0.25, 0.3) is 0 Å². The lowest BCUT2D eigenvalue weighted by atomic mass is 10.1. The Morgan fingerprint density at radius 3 is 2.47 bits per heavy atom. The van der Waals surface area contributed by atoms with E-state index >= 15 is 0 Å². The number of nitrogens with zero attached hydrogens (tertiary/aromatic N) is 1. The highest BCUT2D eigenvalue weighted by Crippen LogP contribution is 2.49. The lowest BCUT2D eigenvalue weighted by molar-refractivity contribution is 0.269. The first-order valence-electron chi connectivity index (χ1n) is 5.48. The third kappa shape index (κ3) is 3.45. The monoisotopic (exact) mass is 301 g/mol. The molecule has 7 heteroatoms. The zero-order chi connectivity index (χ0) is 13.9. The minimum atomic E-state index is -3.14. The Morgan fingerprint density at radius 2 is 1.89 bits per heavy atom. The first kappa shape index (κ1) is 14.3. The van der Waals surface area contributed by atoms with Crippen molar-refractivity contribution < 1.29 is 18.1 Å². The molecule has 0 aliphatic rings. The van der Waals surface area contributed by atoms with Gasteiger partial charge in [-0.2, -0.15) is 0 Å². The van der Waals surface area contributed by atoms with Crippen LogP contribution in [0.5, 0.6) is 0 Å². The summed E-state index contributed by atoms with van der Waals surface area (Å²) in [5.41, 5.74) is 1.51. The molecular weight excluding hydrogens is 289 g/mol. The molecule has 2 rings (SSSR count). The summed E-state index contributed by atoms with van der Waals surface area (Å²) in [7, 11) is -0.476. The Kier molecular flexibility index (Phi) is 4.42. The highest BCUT2D eigenvalue weighted by Gasteiger charge is 2.24. The molecule has 0 saturated carbocycles. The Balaban J connectivity index is 2.20. The lowest BCUT2D eigenvalue weighted by Gasteiger charge is -2.10. The number of aromatic nitrogens is 1. The maximum absolute atomic E-state index is 12.0. The molecule has 0 N–H and O–H groups in total. The van der Waals surface area contributed by atoms with Gasteiger partial charge in [-0.3, -0.25) is 4.57 Å². The van der Waals surface area contributed by atoms with Crippen molar-refractivity contribution in [3.8, 4) is 11.3 Å². The zero-order valence-corrected chi connectivity index (χ0v) is 12.1. The number of hydrogen-bond donors (Lipinski definition) is 0. The molecule has 1 heterocycles. The second kappa shape index (κ2) is 5.88. The molecule has 0 bridgehead atoms. The van der Waals surface area contributed by atoms with Gasteiger partial charge in [-0.25, -0.2) is 0 Å². The molecule has 19 heavy (non-hydrogen) atoms. The number of hydrogen-bond acceptors (Lipinski definition) is 5. The van der Waals surface area contributed by atoms with Crippen LogP contribution in [-0.2, 0) is 19.8 Å². The fraction of sp³-hybridized carbons (Fsp3) is 0.250. The summed E-state index contributed by atoms with van der Waals surface area (Å²) in [6, 6.07) is 8.89. The molecule has 0 saturated heterocycles. The summed E-state index contributed by atoms with van der Waals surface area (Å²) in [6.07, 6.45) is 0.0423. The van der Waals surface area contributed by atoms with Gasteiger partial charge in [-0.05, 0) is 12.1 Å². The second-order valence-corrected chi connectivity index (χ2v) is 6.52. The highest BCUT2D eigenvalue weighted by molar-refractivity contribution is 7.52. The van der Waals surface area contributed by atoms with E-state index in [9.17, 15) is 4.57 Å². The van der Waals surface area contributed by atoms with Gasteiger partial charge in [0.1, 0.15) is 17.6 Å². The molecule has 0 amide bonds. The largest absolute Gasteiger partial charge is 0.360 e. The van der Waals surface area contributed by atoms with Crippen LogP contribution in [0.4, 0.5) is 0 Å². The molecule has 0 radical (unpaired) electrons. The van der Waals surface area contributed by atoms with Crippen LogP contribution in [0.25, 0.3) is 11.3 Å². The molecule has 1 aromatic carbocycles.